The van der Waals surface area contributed by atoms with E-state index in [9.17, 15) is 18.4 Å². The van der Waals surface area contributed by atoms with Gasteiger partial charge in [0.2, 0.25) is 5.91 Å². The van der Waals surface area contributed by atoms with Gasteiger partial charge in [0.15, 0.2) is 0 Å². The van der Waals surface area contributed by atoms with Gasteiger partial charge in [-0.15, -0.1) is 0 Å². The molecule has 8 heteroatoms. The van der Waals surface area contributed by atoms with Gasteiger partial charge in [0.1, 0.15) is 11.5 Å². The zero-order valence-corrected chi connectivity index (χ0v) is 16.6. The van der Waals surface area contributed by atoms with Crippen molar-refractivity contribution < 1.29 is 27.8 Å². The molecular weight excluding hydrogens is 370 g/mol. The van der Waals surface area contributed by atoms with Crippen LogP contribution in [0.3, 0.4) is 0 Å². The molecule has 2 rings (SSSR count). The molecule has 1 aromatic carbocycles. The Balaban J connectivity index is 2.01. The predicted octanol–water partition coefficient (Wildman–Crippen LogP) is 3.06. The molecule has 0 aliphatic carbocycles. The number of nitrogens with zero attached hydrogens (tertiary/aromatic N) is 2. The van der Waals surface area contributed by atoms with Gasteiger partial charge < -0.3 is 19.3 Å². The molecule has 0 atom stereocenters. The maximum Gasteiger partial charge on any atom is 0.255 e. The third kappa shape index (κ3) is 5.56. The number of carbonyl (C=O) groups excluding carboxylic acids is 2. The molecule has 0 unspecified atom stereocenters. The van der Waals surface area contributed by atoms with Crippen molar-refractivity contribution in [2.75, 3.05) is 40.4 Å². The van der Waals surface area contributed by atoms with Crippen molar-refractivity contribution in [1.29, 1.82) is 0 Å². The van der Waals surface area contributed by atoms with Crippen LogP contribution in [-0.4, -0.2) is 68.4 Å². The van der Waals surface area contributed by atoms with Crippen LogP contribution in [0.4, 0.5) is 8.78 Å². The first-order chi connectivity index (χ1) is 13.4. The van der Waals surface area contributed by atoms with Crippen LogP contribution in [-0.2, 0) is 4.79 Å². The van der Waals surface area contributed by atoms with Gasteiger partial charge in [-0.2, -0.15) is 0 Å². The zero-order valence-electron chi connectivity index (χ0n) is 16.6. The molecule has 1 aromatic rings. The summed E-state index contributed by atoms with van der Waals surface area (Å²) >= 11 is 0. The van der Waals surface area contributed by atoms with Crippen LogP contribution in [0.5, 0.6) is 11.5 Å². The summed E-state index contributed by atoms with van der Waals surface area (Å²) in [7, 11) is 3.03. The topological polar surface area (TPSA) is 59.1 Å². The molecule has 1 heterocycles. The lowest BCUT2D eigenvalue weighted by Crippen LogP contribution is -2.45. The predicted molar refractivity (Wildman–Crippen MR) is 101 cm³/mol. The molecule has 0 bridgehead atoms. The van der Waals surface area contributed by atoms with E-state index in [1.165, 1.54) is 19.1 Å². The van der Waals surface area contributed by atoms with E-state index in [-0.39, 0.29) is 17.7 Å². The largest absolute Gasteiger partial charge is 0.497 e. The van der Waals surface area contributed by atoms with Crippen molar-refractivity contribution in [3.63, 3.8) is 0 Å². The summed E-state index contributed by atoms with van der Waals surface area (Å²) in [5.41, 5.74) is 0.450. The smallest absolute Gasteiger partial charge is 0.255 e. The summed E-state index contributed by atoms with van der Waals surface area (Å²) in [5, 5.41) is 0. The Morgan fingerprint density at radius 3 is 2.18 bits per heavy atom. The lowest BCUT2D eigenvalue weighted by molar-refractivity contribution is -0.138. The molecular formula is C20H28F2N2O4. The summed E-state index contributed by atoms with van der Waals surface area (Å²) in [5.74, 6) is 0.317. The fourth-order valence-corrected chi connectivity index (χ4v) is 3.43. The first-order valence-electron chi connectivity index (χ1n) is 9.48. The summed E-state index contributed by atoms with van der Waals surface area (Å²) in [6.07, 6.45) is -0.974. The molecule has 2 amide bonds. The van der Waals surface area contributed by atoms with Gasteiger partial charge in [0.25, 0.3) is 12.3 Å². The van der Waals surface area contributed by atoms with Gasteiger partial charge >= 0.3 is 0 Å². The molecule has 156 valence electrons. The number of amides is 2. The number of carbonyl (C=O) groups is 2. The number of ether oxygens (including phenoxy) is 2. The van der Waals surface area contributed by atoms with E-state index >= 15 is 0 Å². The van der Waals surface area contributed by atoms with E-state index < -0.39 is 13.0 Å². The molecule has 1 fully saturated rings. The fraction of sp³-hybridized carbons (Fsp3) is 0.600. The Kier molecular flexibility index (Phi) is 8.02. The van der Waals surface area contributed by atoms with Crippen molar-refractivity contribution in [3.8, 4) is 11.5 Å². The standard InChI is InChI=1S/C20H28F2N2O4/c1-4-7-24(13-18(21)22)19(25)14-5-8-23(9-6-14)20(26)15-10-16(27-2)12-17(11-15)28-3/h10-12,14,18H,4-9,13H2,1-3H3. The number of benzene rings is 1. The number of hydrogen-bond donors (Lipinski definition) is 0. The van der Waals surface area contributed by atoms with Gasteiger partial charge in [0, 0.05) is 37.2 Å². The highest BCUT2D eigenvalue weighted by Gasteiger charge is 2.31. The maximum atomic E-state index is 12.8. The van der Waals surface area contributed by atoms with Gasteiger partial charge in [0.05, 0.1) is 20.8 Å². The summed E-state index contributed by atoms with van der Waals surface area (Å²) in [4.78, 5) is 28.3. The van der Waals surface area contributed by atoms with Gasteiger partial charge in [-0.1, -0.05) is 6.92 Å². The highest BCUT2D eigenvalue weighted by molar-refractivity contribution is 5.95. The average molecular weight is 398 g/mol. The van der Waals surface area contributed by atoms with Crippen LogP contribution in [0.1, 0.15) is 36.5 Å². The monoisotopic (exact) mass is 398 g/mol. The van der Waals surface area contributed by atoms with Crippen molar-refractivity contribution in [2.45, 2.75) is 32.6 Å². The number of piperidine rings is 1. The number of halogens is 2. The molecule has 0 aromatic heterocycles. The molecule has 1 aliphatic heterocycles. The van der Waals surface area contributed by atoms with Gasteiger partial charge in [-0.05, 0) is 31.4 Å². The lowest BCUT2D eigenvalue weighted by atomic mass is 9.94. The zero-order chi connectivity index (χ0) is 20.7. The highest BCUT2D eigenvalue weighted by Crippen LogP contribution is 2.26. The van der Waals surface area contributed by atoms with Gasteiger partial charge in [-0.25, -0.2) is 8.78 Å². The van der Waals surface area contributed by atoms with Gasteiger partial charge in [-0.3, -0.25) is 9.59 Å². The number of alkyl halides is 2. The number of hydrogen-bond acceptors (Lipinski definition) is 4. The first-order valence-corrected chi connectivity index (χ1v) is 9.48. The second kappa shape index (κ2) is 10.2. The molecule has 0 N–H and O–H groups in total. The van der Waals surface area contributed by atoms with E-state index in [1.54, 1.807) is 23.1 Å². The molecule has 0 radical (unpaired) electrons. The summed E-state index contributed by atoms with van der Waals surface area (Å²) < 4.78 is 35.9. The number of methoxy groups -OCH3 is 2. The second-order valence-electron chi connectivity index (χ2n) is 6.84. The van der Waals surface area contributed by atoms with Crippen LogP contribution < -0.4 is 9.47 Å². The maximum absolute atomic E-state index is 12.8. The van der Waals surface area contributed by atoms with Crippen molar-refractivity contribution in [1.82, 2.24) is 9.80 Å². The Labute approximate surface area is 164 Å². The Morgan fingerprint density at radius 2 is 1.71 bits per heavy atom. The minimum Gasteiger partial charge on any atom is -0.497 e. The molecule has 0 spiro atoms. The quantitative estimate of drug-likeness (QED) is 0.675. The van der Waals surface area contributed by atoms with Crippen LogP contribution >= 0.6 is 0 Å². The Morgan fingerprint density at radius 1 is 1.14 bits per heavy atom. The van der Waals surface area contributed by atoms with E-state index in [4.69, 9.17) is 9.47 Å². The van der Waals surface area contributed by atoms with E-state index in [1.807, 2.05) is 6.92 Å². The van der Waals surface area contributed by atoms with E-state index in [0.29, 0.717) is 56.0 Å². The average Bonchev–Trinajstić information content (AvgIpc) is 2.71. The third-order valence-corrected chi connectivity index (χ3v) is 4.89. The fourth-order valence-electron chi connectivity index (χ4n) is 3.43. The highest BCUT2D eigenvalue weighted by atomic mass is 19.3. The van der Waals surface area contributed by atoms with Crippen molar-refractivity contribution in [3.05, 3.63) is 23.8 Å². The third-order valence-electron chi connectivity index (χ3n) is 4.89. The van der Waals surface area contributed by atoms with Crippen LogP contribution in [0, 0.1) is 5.92 Å². The summed E-state index contributed by atoms with van der Waals surface area (Å²) in [6, 6.07) is 4.98. The second-order valence-corrected chi connectivity index (χ2v) is 6.84. The van der Waals surface area contributed by atoms with Crippen molar-refractivity contribution >= 4 is 11.8 Å². The molecule has 0 saturated carbocycles. The number of likely N-dealkylation sites (tertiary alicyclic amines) is 1. The molecule has 28 heavy (non-hydrogen) atoms. The Bertz CT molecular complexity index is 654. The lowest BCUT2D eigenvalue weighted by Gasteiger charge is -2.34. The Hall–Kier alpha value is -2.38. The summed E-state index contributed by atoms with van der Waals surface area (Å²) in [6.45, 7) is 2.46. The minimum absolute atomic E-state index is 0.166. The van der Waals surface area contributed by atoms with Crippen LogP contribution in [0.2, 0.25) is 0 Å². The van der Waals surface area contributed by atoms with Crippen LogP contribution in [0.15, 0.2) is 18.2 Å². The van der Waals surface area contributed by atoms with Crippen LogP contribution in [0.25, 0.3) is 0 Å². The van der Waals surface area contributed by atoms with Crippen molar-refractivity contribution in [2.24, 2.45) is 5.92 Å². The first kappa shape index (κ1) is 21.9. The minimum atomic E-state index is -2.54. The van der Waals surface area contributed by atoms with E-state index in [2.05, 4.69) is 0 Å². The normalized spacial score (nSPS) is 14.9. The van der Waals surface area contributed by atoms with E-state index in [0.717, 1.165) is 0 Å². The SMILES string of the molecule is CCCN(CC(F)F)C(=O)C1CCN(C(=O)c2cc(OC)cc(OC)c2)CC1. The molecule has 1 saturated heterocycles. The molecule has 1 aliphatic rings. The molecule has 6 nitrogen and oxygen atoms in total. The number of rotatable bonds is 8.